The fraction of sp³-hybridized carbons (Fsp3) is 0.217. The number of methoxy groups -OCH3 is 1. The van der Waals surface area contributed by atoms with Crippen LogP contribution in [0.2, 0.25) is 0 Å². The number of hydrogen-bond donors (Lipinski definition) is 1. The molecule has 2 aromatic carbocycles. The molecule has 3 aromatic rings. The van der Waals surface area contributed by atoms with Crippen molar-refractivity contribution < 1.29 is 32.9 Å². The van der Waals surface area contributed by atoms with Gasteiger partial charge in [-0.1, -0.05) is 6.07 Å². The van der Waals surface area contributed by atoms with Gasteiger partial charge in [0.25, 0.3) is 0 Å². The van der Waals surface area contributed by atoms with Crippen molar-refractivity contribution in [3.8, 4) is 17.2 Å². The number of thioether (sulfide) groups is 1. The Hall–Kier alpha value is -3.46. The maximum absolute atomic E-state index is 13.1. The van der Waals surface area contributed by atoms with Gasteiger partial charge in [0.05, 0.1) is 25.2 Å². The number of ether oxygens (including phenoxy) is 3. The highest BCUT2D eigenvalue weighted by atomic mass is 32.2. The van der Waals surface area contributed by atoms with Crippen molar-refractivity contribution in [3.63, 3.8) is 0 Å². The molecule has 1 unspecified atom stereocenters. The normalized spacial score (nSPS) is 13.1. The quantitative estimate of drug-likeness (QED) is 0.416. The zero-order chi connectivity index (χ0) is 22.7. The summed E-state index contributed by atoms with van der Waals surface area (Å²) in [6.45, 7) is 0.0802. The smallest absolute Gasteiger partial charge is 0.306 e. The number of hydrogen-bond acceptors (Lipinski definition) is 8. The maximum Gasteiger partial charge on any atom is 0.306 e. The molecular weight excluding hydrogens is 439 g/mol. The first-order valence-corrected chi connectivity index (χ1v) is 10.6. The van der Waals surface area contributed by atoms with E-state index < -0.39 is 23.1 Å². The van der Waals surface area contributed by atoms with Crippen molar-refractivity contribution in [1.82, 2.24) is 0 Å². The van der Waals surface area contributed by atoms with Crippen LogP contribution in [-0.2, 0) is 15.3 Å². The summed E-state index contributed by atoms with van der Waals surface area (Å²) >= 11 is 1.34. The fourth-order valence-electron chi connectivity index (χ4n) is 3.29. The minimum absolute atomic E-state index is 0.0449. The van der Waals surface area contributed by atoms with Crippen molar-refractivity contribution in [3.05, 3.63) is 81.7 Å². The number of carbonyl (C=O) groups excluding carboxylic acids is 1. The lowest BCUT2D eigenvalue weighted by Crippen LogP contribution is -2.14. The summed E-state index contributed by atoms with van der Waals surface area (Å²) in [5.41, 5.74) is -0.0435. The molecule has 0 spiro atoms. The van der Waals surface area contributed by atoms with E-state index in [1.807, 2.05) is 0 Å². The molecule has 4 rings (SSSR count). The van der Waals surface area contributed by atoms with Gasteiger partial charge in [-0.2, -0.15) is 0 Å². The van der Waals surface area contributed by atoms with Gasteiger partial charge in [0.2, 0.25) is 18.0 Å². The molecule has 0 fully saturated rings. The topological polar surface area (TPSA) is 95.2 Å². The molecule has 1 atom stereocenters. The Bertz CT molecular complexity index is 1190. The molecule has 0 amide bonds. The first-order valence-electron chi connectivity index (χ1n) is 9.65. The van der Waals surface area contributed by atoms with Crippen LogP contribution in [0.25, 0.3) is 0 Å². The van der Waals surface area contributed by atoms with Gasteiger partial charge in [0, 0.05) is 11.0 Å². The maximum atomic E-state index is 13.1. The van der Waals surface area contributed by atoms with Crippen molar-refractivity contribution in [2.24, 2.45) is 0 Å². The van der Waals surface area contributed by atoms with Gasteiger partial charge in [0.1, 0.15) is 11.6 Å². The molecule has 9 heteroatoms. The van der Waals surface area contributed by atoms with E-state index in [1.54, 1.807) is 30.3 Å². The number of aromatic hydroxyl groups is 1. The van der Waals surface area contributed by atoms with Crippen LogP contribution in [0.1, 0.15) is 29.4 Å². The molecular formula is C23H19FO7S. The lowest BCUT2D eigenvalue weighted by atomic mass is 9.92. The number of carbonyl (C=O) groups is 1. The van der Waals surface area contributed by atoms with E-state index >= 15 is 0 Å². The zero-order valence-corrected chi connectivity index (χ0v) is 17.8. The first kappa shape index (κ1) is 21.8. The second kappa shape index (κ2) is 9.35. The summed E-state index contributed by atoms with van der Waals surface area (Å²) in [4.78, 5) is 25.4. The predicted molar refractivity (Wildman–Crippen MR) is 114 cm³/mol. The second-order valence-electron chi connectivity index (χ2n) is 6.98. The summed E-state index contributed by atoms with van der Waals surface area (Å²) < 4.78 is 34.5. The molecule has 0 saturated carbocycles. The summed E-state index contributed by atoms with van der Waals surface area (Å²) in [5, 5.41) is 10.5. The first-order chi connectivity index (χ1) is 15.4. The van der Waals surface area contributed by atoms with Gasteiger partial charge in [-0.25, -0.2) is 4.39 Å². The van der Waals surface area contributed by atoms with Crippen LogP contribution in [0.3, 0.4) is 0 Å². The molecule has 7 nitrogen and oxygen atoms in total. The lowest BCUT2D eigenvalue weighted by Gasteiger charge is -2.18. The van der Waals surface area contributed by atoms with E-state index in [9.17, 15) is 19.1 Å². The van der Waals surface area contributed by atoms with Crippen molar-refractivity contribution in [1.29, 1.82) is 0 Å². The van der Waals surface area contributed by atoms with Crippen molar-refractivity contribution >= 4 is 17.7 Å². The van der Waals surface area contributed by atoms with E-state index in [4.69, 9.17) is 18.6 Å². The third kappa shape index (κ3) is 4.72. The fourth-order valence-corrected chi connectivity index (χ4v) is 4.07. The minimum atomic E-state index is -0.791. The highest BCUT2D eigenvalue weighted by Crippen LogP contribution is 2.39. The van der Waals surface area contributed by atoms with Gasteiger partial charge in [-0.05, 0) is 42.0 Å². The van der Waals surface area contributed by atoms with Gasteiger partial charge >= 0.3 is 5.97 Å². The Morgan fingerprint density at radius 2 is 1.91 bits per heavy atom. The number of esters is 1. The molecule has 1 N–H and O–H groups in total. The van der Waals surface area contributed by atoms with E-state index in [0.29, 0.717) is 22.8 Å². The average Bonchev–Trinajstić information content (AvgIpc) is 3.27. The standard InChI is InChI=1S/C23H19FO7S/c1-28-21(26)10-17(13-2-7-19-20(8-13)30-12-29-19)23-22(27)18(25)9-15(31-23)11-32-16-5-3-14(24)4-6-16/h2-9,17,27H,10-12H2,1H3. The third-order valence-electron chi connectivity index (χ3n) is 4.91. The van der Waals surface area contributed by atoms with Crippen molar-refractivity contribution in [2.75, 3.05) is 13.9 Å². The van der Waals surface area contributed by atoms with Crippen LogP contribution in [0, 0.1) is 5.82 Å². The Kier molecular flexibility index (Phi) is 6.36. The Morgan fingerprint density at radius 1 is 1.16 bits per heavy atom. The Labute approximate surface area is 186 Å². The van der Waals surface area contributed by atoms with Crippen LogP contribution < -0.4 is 14.9 Å². The number of rotatable bonds is 7. The average molecular weight is 458 g/mol. The van der Waals surface area contributed by atoms with Gasteiger partial charge in [0.15, 0.2) is 17.3 Å². The molecule has 2 heterocycles. The van der Waals surface area contributed by atoms with Crippen LogP contribution in [-0.4, -0.2) is 25.0 Å². The zero-order valence-electron chi connectivity index (χ0n) is 17.0. The summed E-state index contributed by atoms with van der Waals surface area (Å²) in [6, 6.07) is 12.2. The molecule has 1 aromatic heterocycles. The van der Waals surface area contributed by atoms with Crippen LogP contribution in [0.5, 0.6) is 17.2 Å². The molecule has 1 aliphatic rings. The van der Waals surface area contributed by atoms with Gasteiger partial charge in [-0.15, -0.1) is 11.8 Å². The molecule has 0 radical (unpaired) electrons. The van der Waals surface area contributed by atoms with E-state index in [2.05, 4.69) is 0 Å². The predicted octanol–water partition coefficient (Wildman–Crippen LogP) is 4.20. The minimum Gasteiger partial charge on any atom is -0.502 e. The third-order valence-corrected chi connectivity index (χ3v) is 5.94. The largest absolute Gasteiger partial charge is 0.502 e. The van der Waals surface area contributed by atoms with Gasteiger partial charge in [-0.3, -0.25) is 9.59 Å². The molecule has 32 heavy (non-hydrogen) atoms. The second-order valence-corrected chi connectivity index (χ2v) is 8.03. The molecule has 166 valence electrons. The molecule has 0 saturated heterocycles. The number of benzene rings is 2. The van der Waals surface area contributed by atoms with Crippen molar-refractivity contribution in [2.45, 2.75) is 23.0 Å². The van der Waals surface area contributed by atoms with Crippen LogP contribution >= 0.6 is 11.8 Å². The summed E-state index contributed by atoms with van der Waals surface area (Å²) in [5.74, 6) is -0.692. The lowest BCUT2D eigenvalue weighted by molar-refractivity contribution is -0.140. The monoisotopic (exact) mass is 458 g/mol. The molecule has 0 bridgehead atoms. The summed E-state index contributed by atoms with van der Waals surface area (Å²) in [6.07, 6.45) is -0.165. The van der Waals surface area contributed by atoms with Crippen LogP contribution in [0.4, 0.5) is 4.39 Å². The van der Waals surface area contributed by atoms with Crippen LogP contribution in [0.15, 0.2) is 62.6 Å². The SMILES string of the molecule is COC(=O)CC(c1ccc2c(c1)OCO2)c1oc(CSc2ccc(F)cc2)cc(=O)c1O. The Balaban J connectivity index is 1.68. The van der Waals surface area contributed by atoms with E-state index in [1.165, 1.54) is 37.1 Å². The molecule has 0 aliphatic carbocycles. The highest BCUT2D eigenvalue weighted by Gasteiger charge is 2.28. The van der Waals surface area contributed by atoms with Gasteiger partial charge < -0.3 is 23.7 Å². The van der Waals surface area contributed by atoms with E-state index in [-0.39, 0.29) is 30.5 Å². The number of halogens is 1. The Morgan fingerprint density at radius 3 is 2.66 bits per heavy atom. The highest BCUT2D eigenvalue weighted by molar-refractivity contribution is 7.98. The number of fused-ring (bicyclic) bond motifs is 1. The molecule has 1 aliphatic heterocycles. The van der Waals surface area contributed by atoms with E-state index in [0.717, 1.165) is 4.90 Å². The summed E-state index contributed by atoms with van der Waals surface area (Å²) in [7, 11) is 1.25.